The number of carbonyl (C=O) groups excluding carboxylic acids is 1. The summed E-state index contributed by atoms with van der Waals surface area (Å²) in [4.78, 5) is 11.7. The average molecular weight is 348 g/mol. The van der Waals surface area contributed by atoms with E-state index in [1.54, 1.807) is 19.1 Å². The lowest BCUT2D eigenvalue weighted by atomic mass is 9.78. The van der Waals surface area contributed by atoms with E-state index in [0.717, 1.165) is 35.5 Å². The molecule has 3 nitrogen and oxygen atoms in total. The Bertz CT molecular complexity index is 880. The lowest BCUT2D eigenvalue weighted by Gasteiger charge is -2.33. The molecular weight excluding hydrogens is 324 g/mol. The molecule has 26 heavy (non-hydrogen) atoms. The quantitative estimate of drug-likeness (QED) is 0.586. The van der Waals surface area contributed by atoms with Crippen molar-refractivity contribution in [2.75, 3.05) is 13.2 Å². The van der Waals surface area contributed by atoms with Crippen LogP contribution in [0.4, 0.5) is 0 Å². The highest BCUT2D eigenvalue weighted by atomic mass is 16.5. The summed E-state index contributed by atoms with van der Waals surface area (Å²) in [6, 6.07) is 11.4. The minimum Gasteiger partial charge on any atom is -0.493 e. The highest BCUT2D eigenvalue weighted by Gasteiger charge is 2.29. The number of esters is 1. The zero-order valence-electron chi connectivity index (χ0n) is 15.8. The molecule has 0 amide bonds. The van der Waals surface area contributed by atoms with Crippen LogP contribution in [-0.4, -0.2) is 19.2 Å². The van der Waals surface area contributed by atoms with Gasteiger partial charge in [-0.2, -0.15) is 0 Å². The van der Waals surface area contributed by atoms with Crippen molar-refractivity contribution in [2.24, 2.45) is 0 Å². The van der Waals surface area contributed by atoms with Crippen molar-refractivity contribution in [3.05, 3.63) is 64.2 Å². The first-order valence-corrected chi connectivity index (χ1v) is 8.98. The van der Waals surface area contributed by atoms with Crippen LogP contribution in [0, 0.1) is 18.8 Å². The number of aryl methyl sites for hydroxylation is 1. The number of hydrogen-bond donors (Lipinski definition) is 0. The van der Waals surface area contributed by atoms with Crippen molar-refractivity contribution < 1.29 is 14.3 Å². The largest absolute Gasteiger partial charge is 0.493 e. The van der Waals surface area contributed by atoms with Gasteiger partial charge >= 0.3 is 5.97 Å². The molecule has 134 valence electrons. The highest BCUT2D eigenvalue weighted by molar-refractivity contribution is 5.89. The van der Waals surface area contributed by atoms with E-state index in [4.69, 9.17) is 9.47 Å². The predicted octanol–water partition coefficient (Wildman–Crippen LogP) is 4.63. The van der Waals surface area contributed by atoms with Gasteiger partial charge < -0.3 is 9.47 Å². The SMILES string of the molecule is CCOC(=O)c1ccc(C#Cc2cc3c(cc2C)OCCC3(C)C)cc1. The van der Waals surface area contributed by atoms with Crippen LogP contribution in [0.5, 0.6) is 5.75 Å². The average Bonchev–Trinajstić information content (AvgIpc) is 2.60. The fraction of sp³-hybridized carbons (Fsp3) is 0.348. The topological polar surface area (TPSA) is 35.5 Å². The first kappa shape index (κ1) is 18.1. The van der Waals surface area contributed by atoms with Crippen LogP contribution in [0.2, 0.25) is 0 Å². The lowest BCUT2D eigenvalue weighted by molar-refractivity contribution is 0.0526. The predicted molar refractivity (Wildman–Crippen MR) is 103 cm³/mol. The van der Waals surface area contributed by atoms with E-state index < -0.39 is 0 Å². The summed E-state index contributed by atoms with van der Waals surface area (Å²) >= 11 is 0. The third-order valence-electron chi connectivity index (χ3n) is 4.78. The molecule has 0 atom stereocenters. The number of benzene rings is 2. The van der Waals surface area contributed by atoms with E-state index in [1.165, 1.54) is 5.56 Å². The van der Waals surface area contributed by atoms with Crippen LogP contribution in [0.1, 0.15) is 59.8 Å². The fourth-order valence-electron chi connectivity index (χ4n) is 3.06. The highest BCUT2D eigenvalue weighted by Crippen LogP contribution is 2.39. The third kappa shape index (κ3) is 3.75. The molecule has 0 unspecified atom stereocenters. The standard InChI is InChI=1S/C23H24O3/c1-5-25-22(24)18-9-6-17(7-10-18)8-11-19-15-20-21(14-16(19)2)26-13-12-23(20,3)4/h6-7,9-10,14-15H,5,12-13H2,1-4H3. The molecule has 3 rings (SSSR count). The van der Waals surface area contributed by atoms with Crippen molar-refractivity contribution in [3.8, 4) is 17.6 Å². The van der Waals surface area contributed by atoms with Gasteiger partial charge in [-0.05, 0) is 67.6 Å². The number of hydrogen-bond acceptors (Lipinski definition) is 3. The van der Waals surface area contributed by atoms with Crippen molar-refractivity contribution in [1.82, 2.24) is 0 Å². The van der Waals surface area contributed by atoms with Crippen LogP contribution >= 0.6 is 0 Å². The van der Waals surface area contributed by atoms with Gasteiger partial charge in [-0.3, -0.25) is 0 Å². The van der Waals surface area contributed by atoms with Crippen LogP contribution in [0.25, 0.3) is 0 Å². The maximum atomic E-state index is 11.7. The smallest absolute Gasteiger partial charge is 0.338 e. The summed E-state index contributed by atoms with van der Waals surface area (Å²) in [5.41, 5.74) is 4.84. The van der Waals surface area contributed by atoms with Crippen LogP contribution < -0.4 is 4.74 Å². The Kier molecular flexibility index (Phi) is 5.04. The molecule has 0 radical (unpaired) electrons. The van der Waals surface area contributed by atoms with Gasteiger partial charge in [0.15, 0.2) is 0 Å². The second-order valence-electron chi connectivity index (χ2n) is 7.19. The minimum absolute atomic E-state index is 0.0962. The van der Waals surface area contributed by atoms with Gasteiger partial charge in [0.05, 0.1) is 18.8 Å². The maximum absolute atomic E-state index is 11.7. The molecule has 1 aliphatic rings. The van der Waals surface area contributed by atoms with Gasteiger partial charge in [-0.25, -0.2) is 4.79 Å². The van der Waals surface area contributed by atoms with Crippen molar-refractivity contribution in [1.29, 1.82) is 0 Å². The van der Waals surface area contributed by atoms with Gasteiger partial charge in [0, 0.05) is 16.7 Å². The molecule has 1 aliphatic heterocycles. The van der Waals surface area contributed by atoms with Crippen molar-refractivity contribution in [2.45, 2.75) is 39.5 Å². The number of fused-ring (bicyclic) bond motifs is 1. The van der Waals surface area contributed by atoms with Gasteiger partial charge in [-0.15, -0.1) is 0 Å². The summed E-state index contributed by atoms with van der Waals surface area (Å²) in [6.07, 6.45) is 1.01. The molecule has 1 heterocycles. The molecule has 0 saturated carbocycles. The van der Waals surface area contributed by atoms with Gasteiger partial charge in [0.25, 0.3) is 0 Å². The number of rotatable bonds is 2. The third-order valence-corrected chi connectivity index (χ3v) is 4.78. The molecule has 3 heteroatoms. The Morgan fingerprint density at radius 3 is 2.62 bits per heavy atom. The normalized spacial score (nSPS) is 14.5. The lowest BCUT2D eigenvalue weighted by Crippen LogP contribution is -2.26. The van der Waals surface area contributed by atoms with Gasteiger partial charge in [0.1, 0.15) is 5.75 Å². The Morgan fingerprint density at radius 2 is 1.92 bits per heavy atom. The molecule has 2 aromatic rings. The van der Waals surface area contributed by atoms with Gasteiger partial charge in [-0.1, -0.05) is 25.7 Å². The van der Waals surface area contributed by atoms with Crippen LogP contribution in [0.15, 0.2) is 36.4 Å². The van der Waals surface area contributed by atoms with Crippen molar-refractivity contribution >= 4 is 5.97 Å². The van der Waals surface area contributed by atoms with E-state index >= 15 is 0 Å². The van der Waals surface area contributed by atoms with E-state index in [1.807, 2.05) is 12.1 Å². The Hall–Kier alpha value is -2.73. The Morgan fingerprint density at radius 1 is 1.19 bits per heavy atom. The summed E-state index contributed by atoms with van der Waals surface area (Å²) < 4.78 is 10.8. The summed E-state index contributed by atoms with van der Waals surface area (Å²) in [5, 5.41) is 0. The molecule has 0 aromatic heterocycles. The Balaban J connectivity index is 1.87. The first-order valence-electron chi connectivity index (χ1n) is 8.98. The monoisotopic (exact) mass is 348 g/mol. The zero-order chi connectivity index (χ0) is 18.7. The van der Waals surface area contributed by atoms with E-state index in [9.17, 15) is 4.79 Å². The van der Waals surface area contributed by atoms with Gasteiger partial charge in [0.2, 0.25) is 0 Å². The van der Waals surface area contributed by atoms with Crippen LogP contribution in [-0.2, 0) is 10.2 Å². The molecule has 0 saturated heterocycles. The minimum atomic E-state index is -0.306. The molecule has 0 N–H and O–H groups in total. The molecule has 0 aliphatic carbocycles. The van der Waals surface area contributed by atoms with E-state index in [2.05, 4.69) is 44.7 Å². The summed E-state index contributed by atoms with van der Waals surface area (Å²) in [7, 11) is 0. The van der Waals surface area contributed by atoms with Crippen LogP contribution in [0.3, 0.4) is 0 Å². The fourth-order valence-corrected chi connectivity index (χ4v) is 3.06. The molecule has 0 bridgehead atoms. The Labute approximate surface area is 155 Å². The second-order valence-corrected chi connectivity index (χ2v) is 7.19. The summed E-state index contributed by atoms with van der Waals surface area (Å²) in [5.74, 6) is 7.13. The molecule has 2 aromatic carbocycles. The van der Waals surface area contributed by atoms with Crippen molar-refractivity contribution in [3.63, 3.8) is 0 Å². The molecule has 0 fully saturated rings. The number of ether oxygens (including phenoxy) is 2. The number of carbonyl (C=O) groups is 1. The van der Waals surface area contributed by atoms with E-state index in [0.29, 0.717) is 12.2 Å². The first-order chi connectivity index (χ1) is 12.4. The molecular formula is C23H24O3. The maximum Gasteiger partial charge on any atom is 0.338 e. The zero-order valence-corrected chi connectivity index (χ0v) is 15.8. The summed E-state index contributed by atoms with van der Waals surface area (Å²) in [6.45, 7) is 9.48. The van der Waals surface area contributed by atoms with E-state index in [-0.39, 0.29) is 11.4 Å². The molecule has 0 spiro atoms. The second kappa shape index (κ2) is 7.25.